The monoisotopic (exact) mass is 358 g/mol. The lowest BCUT2D eigenvalue weighted by molar-refractivity contribution is 0.146. The maximum Gasteiger partial charge on any atom is 0.255 e. The summed E-state index contributed by atoms with van der Waals surface area (Å²) in [6, 6.07) is 3.12. The number of alkyl halides is 3. The molecule has 0 spiro atoms. The fourth-order valence-corrected chi connectivity index (χ4v) is 2.08. The highest BCUT2D eigenvalue weighted by Crippen LogP contribution is 2.41. The summed E-state index contributed by atoms with van der Waals surface area (Å²) in [5.41, 5.74) is 0.359. The third-order valence-corrected chi connectivity index (χ3v) is 3.54. The molecule has 0 heterocycles. The highest BCUT2D eigenvalue weighted by Gasteiger charge is 2.24. The van der Waals surface area contributed by atoms with Gasteiger partial charge < -0.3 is 9.47 Å². The van der Waals surface area contributed by atoms with Gasteiger partial charge in [0, 0.05) is 5.56 Å². The van der Waals surface area contributed by atoms with Gasteiger partial charge >= 0.3 is 0 Å². The summed E-state index contributed by atoms with van der Waals surface area (Å²) < 4.78 is 36.0. The van der Waals surface area contributed by atoms with E-state index in [1.807, 2.05) is 0 Å². The largest absolute Gasteiger partial charge is 0.496 e. The minimum absolute atomic E-state index is 0.359. The number of halogens is 4. The maximum atomic E-state index is 12.6. The lowest BCUT2D eigenvalue weighted by atomic mass is 10.1. The molecule has 90 valence electrons. The highest BCUT2D eigenvalue weighted by atomic mass is 79.9. The summed E-state index contributed by atoms with van der Waals surface area (Å²) in [5.74, 6) is 0.871. The van der Waals surface area contributed by atoms with Crippen molar-refractivity contribution in [3.05, 3.63) is 22.2 Å². The molecule has 1 aromatic rings. The molecular weight excluding hydrogens is 350 g/mol. The van der Waals surface area contributed by atoms with E-state index in [4.69, 9.17) is 9.47 Å². The third-order valence-electron chi connectivity index (χ3n) is 2.02. The molecule has 0 N–H and O–H groups in total. The van der Waals surface area contributed by atoms with E-state index in [9.17, 15) is 8.78 Å². The lowest BCUT2D eigenvalue weighted by Gasteiger charge is -2.15. The first kappa shape index (κ1) is 13.7. The van der Waals surface area contributed by atoms with Gasteiger partial charge in [0.2, 0.25) is 0 Å². The molecule has 0 saturated heterocycles. The van der Waals surface area contributed by atoms with Crippen LogP contribution in [0.1, 0.15) is 10.4 Å². The summed E-state index contributed by atoms with van der Waals surface area (Å²) in [4.78, 5) is -1.08. The molecule has 0 bridgehead atoms. The van der Waals surface area contributed by atoms with Crippen molar-refractivity contribution in [2.45, 2.75) is 11.3 Å². The van der Waals surface area contributed by atoms with E-state index >= 15 is 0 Å². The molecule has 2 nitrogen and oxygen atoms in total. The number of ether oxygens (including phenoxy) is 2. The number of hydrogen-bond donors (Lipinski definition) is 0. The first-order valence-electron chi connectivity index (χ1n) is 4.35. The van der Waals surface area contributed by atoms with E-state index < -0.39 is 11.3 Å². The summed E-state index contributed by atoms with van der Waals surface area (Å²) in [5, 5.41) is 0. The Kier molecular flexibility index (Phi) is 4.98. The van der Waals surface area contributed by atoms with Crippen LogP contribution < -0.4 is 9.47 Å². The quantitative estimate of drug-likeness (QED) is 0.751. The Hall–Kier alpha value is -0.360. The van der Waals surface area contributed by atoms with Crippen molar-refractivity contribution < 1.29 is 18.3 Å². The Morgan fingerprint density at radius 1 is 1.12 bits per heavy atom. The number of methoxy groups -OCH3 is 2. The average Bonchev–Trinajstić information content (AvgIpc) is 2.27. The maximum absolute atomic E-state index is 12.6. The first-order chi connectivity index (χ1) is 7.51. The van der Waals surface area contributed by atoms with Gasteiger partial charge in [0.05, 0.1) is 18.7 Å². The van der Waals surface area contributed by atoms with Crippen molar-refractivity contribution in [2.75, 3.05) is 14.2 Å². The van der Waals surface area contributed by atoms with Gasteiger partial charge in [-0.05, 0) is 28.1 Å². The summed E-state index contributed by atoms with van der Waals surface area (Å²) >= 11 is 6.19. The second-order valence-corrected chi connectivity index (χ2v) is 4.81. The smallest absolute Gasteiger partial charge is 0.255 e. The number of hydrogen-bond acceptors (Lipinski definition) is 2. The van der Waals surface area contributed by atoms with Crippen LogP contribution in [0.5, 0.6) is 11.5 Å². The fraction of sp³-hybridized carbons (Fsp3) is 0.400. The highest BCUT2D eigenvalue weighted by molar-refractivity contribution is 9.10. The van der Waals surface area contributed by atoms with Crippen LogP contribution >= 0.6 is 31.9 Å². The molecule has 1 unspecified atom stereocenters. The second-order valence-electron chi connectivity index (χ2n) is 2.96. The molecule has 0 aliphatic rings. The molecule has 0 fully saturated rings. The van der Waals surface area contributed by atoms with Gasteiger partial charge in [-0.1, -0.05) is 15.9 Å². The van der Waals surface area contributed by atoms with Crippen molar-refractivity contribution in [3.63, 3.8) is 0 Å². The molecule has 6 heteroatoms. The van der Waals surface area contributed by atoms with Gasteiger partial charge in [-0.15, -0.1) is 0 Å². The van der Waals surface area contributed by atoms with Crippen LogP contribution in [0.15, 0.2) is 16.6 Å². The molecule has 0 saturated carbocycles. The first-order valence-corrected chi connectivity index (χ1v) is 6.05. The molecule has 0 aromatic heterocycles. The van der Waals surface area contributed by atoms with Crippen LogP contribution in [0.2, 0.25) is 0 Å². The molecule has 0 radical (unpaired) electrons. The van der Waals surface area contributed by atoms with E-state index in [1.54, 1.807) is 6.07 Å². The average molecular weight is 360 g/mol. The van der Waals surface area contributed by atoms with Crippen LogP contribution in [0.3, 0.4) is 0 Å². The number of benzene rings is 1. The fourth-order valence-electron chi connectivity index (χ4n) is 1.24. The molecule has 1 atom stereocenters. The zero-order valence-electron chi connectivity index (χ0n) is 8.64. The van der Waals surface area contributed by atoms with Gasteiger partial charge in [-0.2, -0.15) is 0 Å². The van der Waals surface area contributed by atoms with Gasteiger partial charge in [-0.3, -0.25) is 0 Å². The van der Waals surface area contributed by atoms with Gasteiger partial charge in [0.25, 0.3) is 6.43 Å². The van der Waals surface area contributed by atoms with Crippen molar-refractivity contribution in [1.29, 1.82) is 0 Å². The van der Waals surface area contributed by atoms with E-state index in [1.165, 1.54) is 20.3 Å². The van der Waals surface area contributed by atoms with Crippen LogP contribution in [0, 0.1) is 0 Å². The SMILES string of the molecule is COc1cc(C(Br)C(F)F)c(OC)cc1Br. The lowest BCUT2D eigenvalue weighted by Crippen LogP contribution is -2.04. The Labute approximate surface area is 109 Å². The summed E-state index contributed by atoms with van der Waals surface area (Å²) in [6.07, 6.45) is -2.51. The third kappa shape index (κ3) is 2.85. The standard InChI is InChI=1S/C10H10Br2F2O2/c1-15-7-4-6(11)8(16-2)3-5(7)9(12)10(13)14/h3-4,9-10H,1-2H3. The Morgan fingerprint density at radius 2 is 1.69 bits per heavy atom. The van der Waals surface area contributed by atoms with Gasteiger partial charge in [-0.25, -0.2) is 8.78 Å². The number of rotatable bonds is 4. The molecular formula is C10H10Br2F2O2. The molecule has 16 heavy (non-hydrogen) atoms. The zero-order chi connectivity index (χ0) is 12.3. The molecule has 0 aliphatic carbocycles. The molecule has 1 rings (SSSR count). The molecule has 1 aromatic carbocycles. The van der Waals surface area contributed by atoms with Crippen molar-refractivity contribution >= 4 is 31.9 Å². The summed E-state index contributed by atoms with van der Waals surface area (Å²) in [7, 11) is 2.91. The predicted octanol–water partition coefficient (Wildman–Crippen LogP) is 4.17. The van der Waals surface area contributed by atoms with Crippen LogP contribution in [-0.4, -0.2) is 20.6 Å². The Balaban J connectivity index is 3.24. The zero-order valence-corrected chi connectivity index (χ0v) is 11.8. The van der Waals surface area contributed by atoms with Crippen LogP contribution in [0.4, 0.5) is 8.78 Å². The van der Waals surface area contributed by atoms with E-state index in [2.05, 4.69) is 31.9 Å². The minimum Gasteiger partial charge on any atom is -0.496 e. The van der Waals surface area contributed by atoms with Gasteiger partial charge in [0.1, 0.15) is 16.3 Å². The van der Waals surface area contributed by atoms with E-state index in [-0.39, 0.29) is 0 Å². The van der Waals surface area contributed by atoms with Crippen molar-refractivity contribution in [2.24, 2.45) is 0 Å². The summed E-state index contributed by atoms with van der Waals surface area (Å²) in [6.45, 7) is 0. The van der Waals surface area contributed by atoms with Crippen molar-refractivity contribution in [1.82, 2.24) is 0 Å². The minimum atomic E-state index is -2.51. The van der Waals surface area contributed by atoms with Crippen molar-refractivity contribution in [3.8, 4) is 11.5 Å². The Bertz CT molecular complexity index is 372. The normalized spacial score (nSPS) is 12.7. The topological polar surface area (TPSA) is 18.5 Å². The molecule has 0 amide bonds. The molecule has 0 aliphatic heterocycles. The van der Waals surface area contributed by atoms with Crippen LogP contribution in [-0.2, 0) is 0 Å². The second kappa shape index (κ2) is 5.82. The Morgan fingerprint density at radius 3 is 2.12 bits per heavy atom. The van der Waals surface area contributed by atoms with Crippen LogP contribution in [0.25, 0.3) is 0 Å². The van der Waals surface area contributed by atoms with E-state index in [0.717, 1.165) is 0 Å². The van der Waals surface area contributed by atoms with Gasteiger partial charge in [0.15, 0.2) is 0 Å². The predicted molar refractivity (Wildman–Crippen MR) is 64.9 cm³/mol. The van der Waals surface area contributed by atoms with E-state index in [0.29, 0.717) is 21.5 Å².